The maximum Gasteiger partial charge on any atom is 0.335 e. The molecular weight excluding hydrogens is 216 g/mol. The van der Waals surface area contributed by atoms with E-state index < -0.39 is 5.97 Å². The van der Waals surface area contributed by atoms with Gasteiger partial charge in [0.1, 0.15) is 0 Å². The summed E-state index contributed by atoms with van der Waals surface area (Å²) < 4.78 is 0. The standard InChI is InChI=1S/C14H14O3/c1-9-12(6-7-13(9)15)8-10-2-4-11(5-3-10)14(16)17/h2-5H,6-8H2,1H3,(H,16,17). The van der Waals surface area contributed by atoms with Crippen LogP contribution in [0.15, 0.2) is 35.4 Å². The van der Waals surface area contributed by atoms with Crippen molar-refractivity contribution < 1.29 is 14.7 Å². The van der Waals surface area contributed by atoms with Crippen molar-refractivity contribution in [1.29, 1.82) is 0 Å². The van der Waals surface area contributed by atoms with Gasteiger partial charge in [0.25, 0.3) is 0 Å². The minimum Gasteiger partial charge on any atom is -0.478 e. The van der Waals surface area contributed by atoms with Gasteiger partial charge in [-0.15, -0.1) is 0 Å². The van der Waals surface area contributed by atoms with Gasteiger partial charge in [-0.3, -0.25) is 4.79 Å². The highest BCUT2D eigenvalue weighted by atomic mass is 16.4. The summed E-state index contributed by atoms with van der Waals surface area (Å²) in [7, 11) is 0. The van der Waals surface area contributed by atoms with Crippen LogP contribution in [0.3, 0.4) is 0 Å². The smallest absolute Gasteiger partial charge is 0.335 e. The van der Waals surface area contributed by atoms with E-state index in [0.717, 1.165) is 24.0 Å². The van der Waals surface area contributed by atoms with Crippen LogP contribution in [0, 0.1) is 0 Å². The third kappa shape index (κ3) is 2.44. The Kier molecular flexibility index (Phi) is 3.09. The van der Waals surface area contributed by atoms with Crippen LogP contribution >= 0.6 is 0 Å². The van der Waals surface area contributed by atoms with Gasteiger partial charge in [-0.2, -0.15) is 0 Å². The fraction of sp³-hybridized carbons (Fsp3) is 0.286. The molecule has 0 aliphatic heterocycles. The van der Waals surface area contributed by atoms with Crippen molar-refractivity contribution in [2.24, 2.45) is 0 Å². The molecule has 0 unspecified atom stereocenters. The molecule has 88 valence electrons. The van der Waals surface area contributed by atoms with Crippen molar-refractivity contribution in [3.05, 3.63) is 46.5 Å². The Bertz CT molecular complexity index is 495. The first-order chi connectivity index (χ1) is 8.08. The summed E-state index contributed by atoms with van der Waals surface area (Å²) in [5.41, 5.74) is 3.41. The lowest BCUT2D eigenvalue weighted by atomic mass is 10.0. The van der Waals surface area contributed by atoms with Crippen molar-refractivity contribution in [1.82, 2.24) is 0 Å². The van der Waals surface area contributed by atoms with Gasteiger partial charge in [-0.25, -0.2) is 4.79 Å². The highest BCUT2D eigenvalue weighted by Gasteiger charge is 2.18. The third-order valence-corrected chi connectivity index (χ3v) is 3.22. The molecule has 3 nitrogen and oxygen atoms in total. The van der Waals surface area contributed by atoms with E-state index in [9.17, 15) is 9.59 Å². The molecule has 1 aromatic carbocycles. The molecule has 0 radical (unpaired) electrons. The molecule has 0 saturated carbocycles. The van der Waals surface area contributed by atoms with Crippen molar-refractivity contribution in [3.8, 4) is 0 Å². The maximum absolute atomic E-state index is 11.4. The summed E-state index contributed by atoms with van der Waals surface area (Å²) in [6.45, 7) is 1.87. The molecule has 0 aromatic heterocycles. The van der Waals surface area contributed by atoms with Crippen LogP contribution in [0.2, 0.25) is 0 Å². The highest BCUT2D eigenvalue weighted by molar-refractivity contribution is 5.98. The average Bonchev–Trinajstić information content (AvgIpc) is 2.62. The summed E-state index contributed by atoms with van der Waals surface area (Å²) in [6, 6.07) is 6.83. The number of carboxylic acid groups (broad SMARTS) is 1. The van der Waals surface area contributed by atoms with E-state index in [2.05, 4.69) is 0 Å². The number of ketones is 1. The lowest BCUT2D eigenvalue weighted by Gasteiger charge is -2.04. The van der Waals surface area contributed by atoms with Crippen molar-refractivity contribution in [2.75, 3.05) is 0 Å². The lowest BCUT2D eigenvalue weighted by Crippen LogP contribution is -1.97. The van der Waals surface area contributed by atoms with Gasteiger partial charge < -0.3 is 5.11 Å². The Morgan fingerprint density at radius 3 is 2.35 bits per heavy atom. The molecule has 1 aromatic rings. The Hall–Kier alpha value is -1.90. The van der Waals surface area contributed by atoms with E-state index in [4.69, 9.17) is 5.11 Å². The number of rotatable bonds is 3. The number of hydrogen-bond donors (Lipinski definition) is 1. The van der Waals surface area contributed by atoms with Gasteiger partial charge in [-0.1, -0.05) is 17.7 Å². The van der Waals surface area contributed by atoms with Crippen LogP contribution < -0.4 is 0 Å². The van der Waals surface area contributed by atoms with Crippen molar-refractivity contribution in [3.63, 3.8) is 0 Å². The Morgan fingerprint density at radius 1 is 1.24 bits per heavy atom. The molecule has 0 saturated heterocycles. The molecule has 0 bridgehead atoms. The number of carbonyl (C=O) groups excluding carboxylic acids is 1. The SMILES string of the molecule is CC1=C(Cc2ccc(C(=O)O)cc2)CCC1=O. The normalized spacial score (nSPS) is 15.5. The van der Waals surface area contributed by atoms with Gasteiger partial charge >= 0.3 is 5.97 Å². The zero-order valence-electron chi connectivity index (χ0n) is 9.69. The Morgan fingerprint density at radius 2 is 1.88 bits per heavy atom. The number of carbonyl (C=O) groups is 2. The van der Waals surface area contributed by atoms with Crippen LogP contribution in [0.4, 0.5) is 0 Å². The zero-order chi connectivity index (χ0) is 12.4. The Labute approximate surface area is 99.8 Å². The summed E-state index contributed by atoms with van der Waals surface area (Å²) in [5.74, 6) is -0.676. The molecule has 1 aliphatic carbocycles. The number of aromatic carboxylic acids is 1. The predicted octanol–water partition coefficient (Wildman–Crippen LogP) is 2.61. The molecule has 17 heavy (non-hydrogen) atoms. The fourth-order valence-electron chi connectivity index (χ4n) is 2.07. The van der Waals surface area contributed by atoms with Crippen LogP contribution in [0.25, 0.3) is 0 Å². The Balaban J connectivity index is 2.15. The molecular formula is C14H14O3. The maximum atomic E-state index is 11.4. The summed E-state index contributed by atoms with van der Waals surface area (Å²) in [6.07, 6.45) is 2.21. The van der Waals surface area contributed by atoms with Gasteiger partial charge in [-0.05, 0) is 43.0 Å². The van der Waals surface area contributed by atoms with Gasteiger partial charge in [0.15, 0.2) is 5.78 Å². The average molecular weight is 230 g/mol. The lowest BCUT2D eigenvalue weighted by molar-refractivity contribution is -0.114. The first-order valence-corrected chi connectivity index (χ1v) is 5.62. The molecule has 1 N–H and O–H groups in total. The number of carboxylic acids is 1. The number of Topliss-reactive ketones (excluding diaryl/α,β-unsaturated/α-hetero) is 1. The molecule has 3 heteroatoms. The fourth-order valence-corrected chi connectivity index (χ4v) is 2.07. The molecule has 1 aliphatic rings. The van der Waals surface area contributed by atoms with Gasteiger partial charge in [0.05, 0.1) is 5.56 Å². The molecule has 2 rings (SSSR count). The molecule has 0 spiro atoms. The van der Waals surface area contributed by atoms with E-state index in [-0.39, 0.29) is 5.78 Å². The van der Waals surface area contributed by atoms with Crippen LogP contribution in [-0.4, -0.2) is 16.9 Å². The van der Waals surface area contributed by atoms with Crippen LogP contribution in [0.1, 0.15) is 35.7 Å². The number of allylic oxidation sites excluding steroid dienone is 2. The largest absolute Gasteiger partial charge is 0.478 e. The molecule has 0 amide bonds. The highest BCUT2D eigenvalue weighted by Crippen LogP contribution is 2.25. The molecule has 0 atom stereocenters. The molecule has 0 heterocycles. The zero-order valence-corrected chi connectivity index (χ0v) is 9.69. The van der Waals surface area contributed by atoms with E-state index in [1.807, 2.05) is 19.1 Å². The topological polar surface area (TPSA) is 54.4 Å². The second kappa shape index (κ2) is 4.53. The first kappa shape index (κ1) is 11.6. The van der Waals surface area contributed by atoms with E-state index in [1.54, 1.807) is 12.1 Å². The van der Waals surface area contributed by atoms with Gasteiger partial charge in [0.2, 0.25) is 0 Å². The quantitative estimate of drug-likeness (QED) is 0.868. The number of benzene rings is 1. The second-order valence-electron chi connectivity index (χ2n) is 4.33. The minimum atomic E-state index is -0.914. The molecule has 0 fully saturated rings. The van der Waals surface area contributed by atoms with Crippen LogP contribution in [0.5, 0.6) is 0 Å². The predicted molar refractivity (Wildman–Crippen MR) is 64.0 cm³/mol. The van der Waals surface area contributed by atoms with Crippen LogP contribution in [-0.2, 0) is 11.2 Å². The number of hydrogen-bond acceptors (Lipinski definition) is 2. The van der Waals surface area contributed by atoms with E-state index in [0.29, 0.717) is 12.0 Å². The minimum absolute atomic E-state index is 0.238. The third-order valence-electron chi connectivity index (χ3n) is 3.22. The summed E-state index contributed by atoms with van der Waals surface area (Å²) in [4.78, 5) is 22.1. The summed E-state index contributed by atoms with van der Waals surface area (Å²) >= 11 is 0. The first-order valence-electron chi connectivity index (χ1n) is 5.62. The monoisotopic (exact) mass is 230 g/mol. The van der Waals surface area contributed by atoms with Crippen molar-refractivity contribution in [2.45, 2.75) is 26.2 Å². The summed E-state index contributed by atoms with van der Waals surface area (Å²) in [5, 5.41) is 8.78. The van der Waals surface area contributed by atoms with Crippen molar-refractivity contribution >= 4 is 11.8 Å². The van der Waals surface area contributed by atoms with Gasteiger partial charge in [0, 0.05) is 6.42 Å². The van der Waals surface area contributed by atoms with E-state index in [1.165, 1.54) is 5.57 Å². The van der Waals surface area contributed by atoms with E-state index >= 15 is 0 Å². The second-order valence-corrected chi connectivity index (χ2v) is 4.33.